The fourth-order valence-corrected chi connectivity index (χ4v) is 6.63. The number of amides is 1. The molecule has 13 heteroatoms. The number of carbonyl (C=O) groups is 1. The molecule has 188 valence electrons. The Labute approximate surface area is 203 Å². The summed E-state index contributed by atoms with van der Waals surface area (Å²) in [7, 11) is -2.96. The lowest BCUT2D eigenvalue weighted by molar-refractivity contribution is -0.137. The fraction of sp³-hybridized carbons (Fsp3) is 0.391. The number of hydrogen-bond donors (Lipinski definition) is 3. The van der Waals surface area contributed by atoms with Crippen LogP contribution in [-0.4, -0.2) is 63.5 Å². The normalized spacial score (nSPS) is 19.0. The minimum absolute atomic E-state index is 0.00993. The molecule has 9 nitrogen and oxygen atoms in total. The maximum Gasteiger partial charge on any atom is 0.419 e. The zero-order chi connectivity index (χ0) is 26.0. The Bertz CT molecular complexity index is 1480. The number of aromatic amines is 1. The van der Waals surface area contributed by atoms with Crippen molar-refractivity contribution in [3.8, 4) is 17.3 Å². The van der Waals surface area contributed by atoms with E-state index in [1.807, 2.05) is 6.07 Å². The fourth-order valence-electron chi connectivity index (χ4n) is 5.20. The van der Waals surface area contributed by atoms with Crippen molar-refractivity contribution in [3.63, 3.8) is 0 Å². The Morgan fingerprint density at radius 1 is 1.36 bits per heavy atom. The van der Waals surface area contributed by atoms with Gasteiger partial charge >= 0.3 is 12.3 Å². The second-order valence-electron chi connectivity index (χ2n) is 9.74. The number of aromatic nitrogens is 3. The molecule has 1 aliphatic heterocycles. The summed E-state index contributed by atoms with van der Waals surface area (Å²) >= 11 is 0. The molecule has 2 aromatic heterocycles. The first-order chi connectivity index (χ1) is 16.8. The molecule has 1 aromatic carbocycles. The number of hydrogen-bond acceptors (Lipinski definition) is 6. The monoisotopic (exact) mass is 518 g/mol. The predicted molar refractivity (Wildman–Crippen MR) is 127 cm³/mol. The molecule has 1 atom stereocenters. The molecule has 5 rings (SSSR count). The summed E-state index contributed by atoms with van der Waals surface area (Å²) in [6.07, 6.45) is -2.10. The van der Waals surface area contributed by atoms with E-state index in [0.29, 0.717) is 24.0 Å². The lowest BCUT2D eigenvalue weighted by atomic mass is 9.59. The Morgan fingerprint density at radius 2 is 2.08 bits per heavy atom. The first-order valence-electron chi connectivity index (χ1n) is 11.1. The molecule has 3 N–H and O–H groups in total. The smallest absolute Gasteiger partial charge is 0.419 e. The number of nitrogens with one attached hydrogen (secondary N) is 2. The molecular weight excluding hydrogens is 496 g/mol. The van der Waals surface area contributed by atoms with Crippen molar-refractivity contribution in [2.45, 2.75) is 25.1 Å². The van der Waals surface area contributed by atoms with E-state index in [2.05, 4.69) is 20.3 Å². The number of benzene rings is 1. The van der Waals surface area contributed by atoms with Crippen molar-refractivity contribution in [1.29, 1.82) is 5.26 Å². The van der Waals surface area contributed by atoms with Crippen LogP contribution in [0.15, 0.2) is 24.5 Å². The number of nitriles is 1. The van der Waals surface area contributed by atoms with Gasteiger partial charge in [-0.15, -0.1) is 0 Å². The van der Waals surface area contributed by atoms with Crippen LogP contribution in [0.5, 0.6) is 0 Å². The molecule has 2 fully saturated rings. The van der Waals surface area contributed by atoms with E-state index >= 15 is 0 Å². The van der Waals surface area contributed by atoms with Crippen LogP contribution in [0.4, 0.5) is 23.9 Å². The van der Waals surface area contributed by atoms with Crippen molar-refractivity contribution in [3.05, 3.63) is 35.7 Å². The first-order valence-corrected chi connectivity index (χ1v) is 13.7. The maximum absolute atomic E-state index is 13.9. The van der Waals surface area contributed by atoms with E-state index < -0.39 is 25.0 Å². The summed E-state index contributed by atoms with van der Waals surface area (Å²) in [6, 6.07) is 4.81. The molecule has 2 aliphatic rings. The zero-order valence-corrected chi connectivity index (χ0v) is 20.2. The molecule has 0 radical (unpaired) electrons. The lowest BCUT2D eigenvalue weighted by Crippen LogP contribution is -2.69. The van der Waals surface area contributed by atoms with Gasteiger partial charge in [-0.25, -0.2) is 14.8 Å². The number of rotatable bonds is 4. The van der Waals surface area contributed by atoms with Gasteiger partial charge in [0.25, 0.3) is 0 Å². The minimum Gasteiger partial charge on any atom is -0.465 e. The van der Waals surface area contributed by atoms with E-state index in [1.54, 1.807) is 0 Å². The highest BCUT2D eigenvalue weighted by atomic mass is 31.2. The van der Waals surface area contributed by atoms with E-state index in [4.69, 9.17) is 5.11 Å². The number of nitrogens with zero attached hydrogens (tertiary/aromatic N) is 4. The largest absolute Gasteiger partial charge is 0.465 e. The summed E-state index contributed by atoms with van der Waals surface area (Å²) < 4.78 is 54.8. The summed E-state index contributed by atoms with van der Waals surface area (Å²) in [5.74, 6) is 0.00993. The van der Waals surface area contributed by atoms with Crippen LogP contribution in [0.3, 0.4) is 0 Å². The molecule has 1 unspecified atom stereocenters. The number of carboxylic acid groups (broad SMARTS) is 1. The van der Waals surface area contributed by atoms with E-state index in [9.17, 15) is 27.8 Å². The van der Waals surface area contributed by atoms with Gasteiger partial charge < -0.3 is 24.9 Å². The minimum atomic E-state index is -4.73. The highest BCUT2D eigenvalue weighted by Crippen LogP contribution is 2.50. The second kappa shape index (κ2) is 7.96. The van der Waals surface area contributed by atoms with Gasteiger partial charge in [0.2, 0.25) is 5.95 Å². The number of H-pyrrole nitrogens is 1. The van der Waals surface area contributed by atoms with Gasteiger partial charge in [0.1, 0.15) is 12.7 Å². The van der Waals surface area contributed by atoms with Crippen molar-refractivity contribution in [1.82, 2.24) is 19.9 Å². The molecule has 1 saturated carbocycles. The zero-order valence-electron chi connectivity index (χ0n) is 19.3. The third-order valence-corrected chi connectivity index (χ3v) is 8.63. The van der Waals surface area contributed by atoms with Gasteiger partial charge in [-0.05, 0) is 32.2 Å². The number of alkyl halides is 3. The van der Waals surface area contributed by atoms with Crippen LogP contribution >= 0.6 is 7.14 Å². The van der Waals surface area contributed by atoms with Crippen LogP contribution in [0.1, 0.15) is 24.0 Å². The number of anilines is 1. The van der Waals surface area contributed by atoms with Crippen molar-refractivity contribution in [2.24, 2.45) is 5.41 Å². The van der Waals surface area contributed by atoms with Crippen LogP contribution in [0, 0.1) is 16.7 Å². The molecule has 3 aromatic rings. The van der Waals surface area contributed by atoms with Crippen molar-refractivity contribution in [2.75, 3.05) is 31.7 Å². The molecule has 0 bridgehead atoms. The molecular formula is C23H22F3N6O3P. The third-order valence-electron chi connectivity index (χ3n) is 7.09. The molecule has 1 amide bonds. The summed E-state index contributed by atoms with van der Waals surface area (Å²) in [4.78, 5) is 23.5. The third kappa shape index (κ3) is 3.78. The van der Waals surface area contributed by atoms with Crippen molar-refractivity contribution < 1.29 is 27.6 Å². The lowest BCUT2D eigenvalue weighted by Gasteiger charge is -2.59. The SMILES string of the molecule is CP(C)(=O)c1c(C#N)ccc2c(-c3nc(NC4CCC45CN(C(=O)O)C5)ncc3C(F)(F)F)c[nH]c12. The quantitative estimate of drug-likeness (QED) is 0.438. The highest BCUT2D eigenvalue weighted by molar-refractivity contribution is 7.70. The standard InChI is InChI=1S/C23H22F3N6O3P/c1-36(2,35)19-12(7-27)3-4-13-14(8-28-18(13)19)17-15(23(24,25)26)9-29-20(31-17)30-16-5-6-22(16)10-32(11-22)21(33)34/h3-4,8-9,16,28H,5-6,10-11H2,1-2H3,(H,33,34)(H,29,30,31). The molecule has 36 heavy (non-hydrogen) atoms. The van der Waals surface area contributed by atoms with Gasteiger partial charge in [-0.1, -0.05) is 6.07 Å². The van der Waals surface area contributed by atoms with Crippen LogP contribution in [0.2, 0.25) is 0 Å². The number of halogens is 3. The first kappa shape index (κ1) is 24.1. The maximum atomic E-state index is 13.9. The summed E-state index contributed by atoms with van der Waals surface area (Å²) in [5, 5.41) is 22.4. The Morgan fingerprint density at radius 3 is 2.64 bits per heavy atom. The topological polar surface area (TPSA) is 135 Å². The Kier molecular flexibility index (Phi) is 5.34. The summed E-state index contributed by atoms with van der Waals surface area (Å²) in [5.41, 5.74) is -0.974. The Hall–Kier alpha value is -3.58. The predicted octanol–water partition coefficient (Wildman–Crippen LogP) is 4.32. The average Bonchev–Trinajstić information content (AvgIpc) is 3.17. The van der Waals surface area contributed by atoms with Gasteiger partial charge in [-0.3, -0.25) is 0 Å². The van der Waals surface area contributed by atoms with E-state index in [-0.39, 0.29) is 39.5 Å². The average molecular weight is 518 g/mol. The second-order valence-corrected chi connectivity index (χ2v) is 12.9. The van der Waals surface area contributed by atoms with E-state index in [1.165, 1.54) is 36.6 Å². The summed E-state index contributed by atoms with van der Waals surface area (Å²) in [6.45, 7) is 3.71. The van der Waals surface area contributed by atoms with E-state index in [0.717, 1.165) is 19.0 Å². The van der Waals surface area contributed by atoms with Crippen molar-refractivity contribution >= 4 is 35.4 Å². The Balaban J connectivity index is 1.57. The number of fused-ring (bicyclic) bond motifs is 1. The van der Waals surface area contributed by atoms with Crippen LogP contribution in [0.25, 0.3) is 22.2 Å². The number of likely N-dealkylation sites (tertiary alicyclic amines) is 1. The van der Waals surface area contributed by atoms with Crippen LogP contribution < -0.4 is 10.6 Å². The van der Waals surface area contributed by atoms with Gasteiger partial charge in [0.05, 0.1) is 28.1 Å². The van der Waals surface area contributed by atoms with Crippen LogP contribution in [-0.2, 0) is 10.7 Å². The molecule has 3 heterocycles. The molecule has 1 spiro atoms. The van der Waals surface area contributed by atoms with Gasteiger partial charge in [0.15, 0.2) is 0 Å². The van der Waals surface area contributed by atoms with Gasteiger partial charge in [0, 0.05) is 47.9 Å². The molecule has 1 saturated heterocycles. The van der Waals surface area contributed by atoms with Gasteiger partial charge in [-0.2, -0.15) is 18.4 Å². The highest BCUT2D eigenvalue weighted by Gasteiger charge is 2.56. The molecule has 1 aliphatic carbocycles.